The van der Waals surface area contributed by atoms with Crippen LogP contribution in [-0.4, -0.2) is 12.7 Å². The maximum absolute atomic E-state index is 6.14. The van der Waals surface area contributed by atoms with E-state index in [-0.39, 0.29) is 0 Å². The number of fused-ring (bicyclic) bond motifs is 3. The first-order valence-electron chi connectivity index (χ1n) is 15.6. The monoisotopic (exact) mass is 478 g/mol. The molecule has 0 spiro atoms. The number of ether oxygens (including phenoxy) is 1. The van der Waals surface area contributed by atoms with Gasteiger partial charge in [0, 0.05) is 0 Å². The van der Waals surface area contributed by atoms with E-state index in [1.54, 1.807) is 11.1 Å². The van der Waals surface area contributed by atoms with Crippen LogP contribution in [0.3, 0.4) is 0 Å². The number of allylic oxidation sites excluding steroid dienone is 1. The molecule has 4 aliphatic rings. The first-order chi connectivity index (χ1) is 17.2. The van der Waals surface area contributed by atoms with Gasteiger partial charge >= 0.3 is 0 Å². The largest absolute Gasteiger partial charge is 0.374 e. The molecule has 1 heteroatoms. The van der Waals surface area contributed by atoms with Gasteiger partial charge in [0.25, 0.3) is 0 Å². The number of hydrogen-bond donors (Lipinski definition) is 0. The molecule has 4 aliphatic carbocycles. The molecule has 0 radical (unpaired) electrons. The highest BCUT2D eigenvalue weighted by molar-refractivity contribution is 5.33. The molecule has 2 bridgehead atoms. The van der Waals surface area contributed by atoms with Crippen LogP contribution < -0.4 is 0 Å². The summed E-state index contributed by atoms with van der Waals surface area (Å²) in [7, 11) is 0. The van der Waals surface area contributed by atoms with E-state index in [0.717, 1.165) is 12.5 Å². The van der Waals surface area contributed by atoms with Crippen LogP contribution >= 0.6 is 0 Å². The zero-order valence-corrected chi connectivity index (χ0v) is 23.2. The molecule has 0 heterocycles. The maximum Gasteiger partial charge on any atom is 0.0651 e. The molecule has 196 valence electrons. The van der Waals surface area contributed by atoms with Crippen LogP contribution in [-0.2, 0) is 10.2 Å². The molecule has 1 nitrogen and oxygen atoms in total. The van der Waals surface area contributed by atoms with Crippen LogP contribution in [0.25, 0.3) is 0 Å². The van der Waals surface area contributed by atoms with E-state index in [9.17, 15) is 0 Å². The zero-order valence-electron chi connectivity index (χ0n) is 23.2. The molecule has 0 amide bonds. The van der Waals surface area contributed by atoms with E-state index in [1.165, 1.54) is 122 Å². The van der Waals surface area contributed by atoms with Gasteiger partial charge in [0.05, 0.1) is 12.7 Å². The second-order valence-electron chi connectivity index (χ2n) is 12.5. The summed E-state index contributed by atoms with van der Waals surface area (Å²) in [5.41, 5.74) is 4.44. The molecule has 0 aliphatic heterocycles. The van der Waals surface area contributed by atoms with Gasteiger partial charge in [0.2, 0.25) is 0 Å². The first-order valence-corrected chi connectivity index (χ1v) is 15.6. The van der Waals surface area contributed by atoms with Crippen molar-refractivity contribution < 1.29 is 4.74 Å². The predicted octanol–water partition coefficient (Wildman–Crippen LogP) is 10.4. The Kier molecular flexibility index (Phi) is 10.4. The lowest BCUT2D eigenvalue weighted by Crippen LogP contribution is -2.44. The molecule has 0 saturated heterocycles. The van der Waals surface area contributed by atoms with Gasteiger partial charge in [0.15, 0.2) is 0 Å². The highest BCUT2D eigenvalue weighted by Crippen LogP contribution is 2.59. The third kappa shape index (κ3) is 7.24. The van der Waals surface area contributed by atoms with Crippen molar-refractivity contribution in [2.75, 3.05) is 6.61 Å². The summed E-state index contributed by atoms with van der Waals surface area (Å²) in [6, 6.07) is 10.1. The Bertz CT molecular complexity index is 727. The highest BCUT2D eigenvalue weighted by Gasteiger charge is 2.48. The molecule has 0 atom stereocenters. The van der Waals surface area contributed by atoms with Gasteiger partial charge in [-0.05, 0) is 105 Å². The SMILES string of the molecule is CCCC/C=C/COC1CCC(c2ccc(C34CCC(CCCCCCC)(CC3)CC4)cc2)CC1. The van der Waals surface area contributed by atoms with Gasteiger partial charge in [-0.15, -0.1) is 0 Å². The summed E-state index contributed by atoms with van der Waals surface area (Å²) in [4.78, 5) is 0. The van der Waals surface area contributed by atoms with Crippen LogP contribution in [0.5, 0.6) is 0 Å². The summed E-state index contributed by atoms with van der Waals surface area (Å²) in [5.74, 6) is 0.736. The number of benzene rings is 1. The Labute approximate surface area is 217 Å². The van der Waals surface area contributed by atoms with Crippen LogP contribution in [0, 0.1) is 5.41 Å². The molecule has 0 N–H and O–H groups in total. The minimum Gasteiger partial charge on any atom is -0.374 e. The van der Waals surface area contributed by atoms with Crippen LogP contribution in [0.2, 0.25) is 0 Å². The molecular weight excluding hydrogens is 424 g/mol. The number of unbranched alkanes of at least 4 members (excludes halogenated alkanes) is 6. The van der Waals surface area contributed by atoms with Crippen LogP contribution in [0.1, 0.15) is 153 Å². The molecule has 4 saturated carbocycles. The quantitative estimate of drug-likeness (QED) is 0.191. The van der Waals surface area contributed by atoms with Crippen molar-refractivity contribution in [2.45, 2.75) is 153 Å². The van der Waals surface area contributed by atoms with Gasteiger partial charge < -0.3 is 4.74 Å². The normalized spacial score (nSPS) is 30.8. The first kappa shape index (κ1) is 27.0. The van der Waals surface area contributed by atoms with Crippen molar-refractivity contribution in [1.82, 2.24) is 0 Å². The Morgan fingerprint density at radius 2 is 1.40 bits per heavy atom. The Morgan fingerprint density at radius 1 is 0.743 bits per heavy atom. The summed E-state index contributed by atoms with van der Waals surface area (Å²) in [6.07, 6.45) is 31.3. The van der Waals surface area contributed by atoms with E-state index in [1.807, 2.05) is 0 Å². The summed E-state index contributed by atoms with van der Waals surface area (Å²) < 4.78 is 6.14. The molecule has 5 rings (SSSR count). The number of hydrogen-bond acceptors (Lipinski definition) is 1. The lowest BCUT2D eigenvalue weighted by atomic mass is 9.51. The highest BCUT2D eigenvalue weighted by atomic mass is 16.5. The van der Waals surface area contributed by atoms with Crippen molar-refractivity contribution >= 4 is 0 Å². The topological polar surface area (TPSA) is 9.23 Å². The fraction of sp³-hybridized carbons (Fsp3) is 0.765. The predicted molar refractivity (Wildman–Crippen MR) is 151 cm³/mol. The summed E-state index contributed by atoms with van der Waals surface area (Å²) in [6.45, 7) is 5.38. The van der Waals surface area contributed by atoms with Crippen LogP contribution in [0.4, 0.5) is 0 Å². The minimum absolute atomic E-state index is 0.469. The molecule has 35 heavy (non-hydrogen) atoms. The molecule has 0 unspecified atom stereocenters. The van der Waals surface area contributed by atoms with E-state index >= 15 is 0 Å². The van der Waals surface area contributed by atoms with E-state index in [0.29, 0.717) is 16.9 Å². The third-order valence-electron chi connectivity index (χ3n) is 10.2. The van der Waals surface area contributed by atoms with Gasteiger partial charge in [-0.1, -0.05) is 95.2 Å². The van der Waals surface area contributed by atoms with Gasteiger partial charge in [0.1, 0.15) is 0 Å². The van der Waals surface area contributed by atoms with Crippen molar-refractivity contribution in [3.63, 3.8) is 0 Å². The standard InChI is InChI=1S/C34H54O/c1-3-5-7-9-11-21-33-22-25-34(26-23-33,27-24-33)31-17-13-29(14-18-31)30-15-19-32(20-16-30)35-28-12-10-8-6-4-2/h10,12-14,17-18,30,32H,3-9,11,15-16,19-28H2,1-2H3/b12-10+. The molecule has 1 aromatic rings. The Hall–Kier alpha value is -1.08. The van der Waals surface area contributed by atoms with Crippen molar-refractivity contribution in [2.24, 2.45) is 5.41 Å². The average Bonchev–Trinajstić information content (AvgIpc) is 2.92. The third-order valence-corrected chi connectivity index (χ3v) is 10.2. The number of rotatable bonds is 14. The lowest BCUT2D eigenvalue weighted by molar-refractivity contribution is 0.0304. The molecule has 0 aromatic heterocycles. The van der Waals surface area contributed by atoms with Crippen LogP contribution in [0.15, 0.2) is 36.4 Å². The molecular formula is C34H54O. The minimum atomic E-state index is 0.469. The van der Waals surface area contributed by atoms with Crippen molar-refractivity contribution in [1.29, 1.82) is 0 Å². The fourth-order valence-electron chi connectivity index (χ4n) is 7.55. The van der Waals surface area contributed by atoms with E-state index in [4.69, 9.17) is 4.74 Å². The lowest BCUT2D eigenvalue weighted by Gasteiger charge is -2.54. The Morgan fingerprint density at radius 3 is 2.06 bits per heavy atom. The summed E-state index contributed by atoms with van der Waals surface area (Å²) >= 11 is 0. The Balaban J connectivity index is 1.21. The van der Waals surface area contributed by atoms with Gasteiger partial charge in [-0.25, -0.2) is 0 Å². The maximum atomic E-state index is 6.14. The van der Waals surface area contributed by atoms with Gasteiger partial charge in [-0.2, -0.15) is 0 Å². The second-order valence-corrected chi connectivity index (χ2v) is 12.5. The summed E-state index contributed by atoms with van der Waals surface area (Å²) in [5, 5.41) is 0. The smallest absolute Gasteiger partial charge is 0.0651 e. The average molecular weight is 479 g/mol. The second kappa shape index (κ2) is 13.5. The zero-order chi connectivity index (χ0) is 24.4. The fourth-order valence-corrected chi connectivity index (χ4v) is 7.55. The molecule has 1 aromatic carbocycles. The van der Waals surface area contributed by atoms with Crippen molar-refractivity contribution in [3.05, 3.63) is 47.5 Å². The molecule has 4 fully saturated rings. The van der Waals surface area contributed by atoms with Crippen molar-refractivity contribution in [3.8, 4) is 0 Å². The van der Waals surface area contributed by atoms with E-state index in [2.05, 4.69) is 50.3 Å². The van der Waals surface area contributed by atoms with Gasteiger partial charge in [-0.3, -0.25) is 0 Å². The van der Waals surface area contributed by atoms with E-state index < -0.39 is 0 Å².